The van der Waals surface area contributed by atoms with E-state index in [1.54, 1.807) is 24.3 Å². The lowest BCUT2D eigenvalue weighted by atomic mass is 9.69. The average molecular weight is 853 g/mol. The molecule has 0 N–H and O–H groups in total. The van der Waals surface area contributed by atoms with Gasteiger partial charge in [0.15, 0.2) is 0 Å². The Hall–Kier alpha value is -5.96. The summed E-state index contributed by atoms with van der Waals surface area (Å²) in [7, 11) is -7.66. The summed E-state index contributed by atoms with van der Waals surface area (Å²) in [5.74, 6) is 0. The summed E-state index contributed by atoms with van der Waals surface area (Å²) in [4.78, 5) is 5.85. The van der Waals surface area contributed by atoms with Crippen LogP contribution in [0.1, 0.15) is 99.9 Å². The number of sulfone groups is 2. The molecule has 8 heteroatoms. The Bertz CT molecular complexity index is 3140. The van der Waals surface area contributed by atoms with Crippen LogP contribution in [-0.2, 0) is 41.3 Å². The molecule has 7 aromatic carbocycles. The second kappa shape index (κ2) is 12.4. The van der Waals surface area contributed by atoms with Gasteiger partial charge in [0.05, 0.1) is 42.3 Å². The van der Waals surface area contributed by atoms with Crippen LogP contribution in [0.4, 0.5) is 34.1 Å². The molecule has 0 radical (unpaired) electrons. The molecule has 0 saturated carbocycles. The molecule has 0 aliphatic carbocycles. The fourth-order valence-corrected chi connectivity index (χ4v) is 15.2. The van der Waals surface area contributed by atoms with E-state index in [1.807, 2.05) is 60.7 Å². The Morgan fingerprint density at radius 1 is 0.306 bits per heavy atom. The highest BCUT2D eigenvalue weighted by molar-refractivity contribution is 7.92. The quantitative estimate of drug-likeness (QED) is 0.172. The predicted molar refractivity (Wildman–Crippen MR) is 248 cm³/mol. The van der Waals surface area contributed by atoms with Crippen molar-refractivity contribution < 1.29 is 16.8 Å². The normalized spacial score (nSPS) is 19.3. The molecule has 11 rings (SSSR count). The number of hydrogen-bond acceptors (Lipinski definition) is 6. The van der Waals surface area contributed by atoms with Crippen LogP contribution < -0.4 is 9.80 Å². The van der Waals surface area contributed by atoms with Gasteiger partial charge < -0.3 is 9.80 Å². The highest BCUT2D eigenvalue weighted by Crippen LogP contribution is 2.60. The molecule has 0 saturated heterocycles. The maximum Gasteiger partial charge on any atom is 0.207 e. The monoisotopic (exact) mass is 852 g/mol. The Balaban J connectivity index is 1.16. The van der Waals surface area contributed by atoms with Gasteiger partial charge in [-0.1, -0.05) is 140 Å². The second-order valence-electron chi connectivity index (χ2n) is 19.5. The fraction of sp³-hybridized carbons (Fsp3) is 0.222. The van der Waals surface area contributed by atoms with E-state index < -0.39 is 41.3 Å². The minimum Gasteiger partial charge on any atom is -0.310 e. The molecule has 310 valence electrons. The van der Waals surface area contributed by atoms with Crippen LogP contribution in [0, 0.1) is 0 Å². The molecule has 7 aromatic rings. The van der Waals surface area contributed by atoms with Crippen LogP contribution in [0.3, 0.4) is 0 Å². The molecule has 62 heavy (non-hydrogen) atoms. The molecule has 0 spiro atoms. The predicted octanol–water partition coefficient (Wildman–Crippen LogP) is 12.8. The molecule has 0 atom stereocenters. The van der Waals surface area contributed by atoms with Gasteiger partial charge in [0.2, 0.25) is 19.7 Å². The summed E-state index contributed by atoms with van der Waals surface area (Å²) in [5, 5.41) is 0. The zero-order valence-electron chi connectivity index (χ0n) is 36.2. The average Bonchev–Trinajstić information content (AvgIpc) is 3.25. The van der Waals surface area contributed by atoms with E-state index in [2.05, 4.69) is 126 Å². The lowest BCUT2D eigenvalue weighted by molar-refractivity contribution is 0.555. The van der Waals surface area contributed by atoms with Crippen molar-refractivity contribution in [1.82, 2.24) is 0 Å². The van der Waals surface area contributed by atoms with Crippen LogP contribution in [-0.4, -0.2) is 16.8 Å². The molecule has 4 heterocycles. The number of benzene rings is 7. The number of anilines is 6. The van der Waals surface area contributed by atoms with Gasteiger partial charge in [0.25, 0.3) is 0 Å². The van der Waals surface area contributed by atoms with Crippen molar-refractivity contribution in [3.05, 3.63) is 190 Å². The fourth-order valence-electron chi connectivity index (χ4n) is 11.2. The molecule has 0 unspecified atom stereocenters. The van der Waals surface area contributed by atoms with Crippen molar-refractivity contribution in [1.29, 1.82) is 0 Å². The number of fused-ring (bicyclic) bond motifs is 8. The SMILES string of the molecule is CC1(C)c2ccccc2N(c2ccc3c(c2)S(=O)(=O)c2ccccc2C3(C)C)c2cc3c(cc21)N(c1ccc2c(c1)S(=O)(=O)c1ccccc1C2(C)C)c1ccccc1C3(C)C. The Labute approximate surface area is 365 Å². The van der Waals surface area contributed by atoms with Gasteiger partial charge in [-0.15, -0.1) is 0 Å². The molecule has 0 bridgehead atoms. The third kappa shape index (κ3) is 4.91. The first kappa shape index (κ1) is 38.9. The van der Waals surface area contributed by atoms with Crippen LogP contribution >= 0.6 is 0 Å². The first-order valence-corrected chi connectivity index (χ1v) is 24.2. The van der Waals surface area contributed by atoms with Gasteiger partial charge in [-0.05, 0) is 105 Å². The molecular formula is C54H48N2O4S2. The molecule has 0 aromatic heterocycles. The van der Waals surface area contributed by atoms with Crippen molar-refractivity contribution >= 4 is 53.8 Å². The number of para-hydroxylation sites is 2. The number of nitrogens with zero attached hydrogens (tertiary/aromatic N) is 2. The zero-order chi connectivity index (χ0) is 43.5. The lowest BCUT2D eigenvalue weighted by Crippen LogP contribution is -2.35. The van der Waals surface area contributed by atoms with Crippen LogP contribution in [0.2, 0.25) is 0 Å². The van der Waals surface area contributed by atoms with E-state index in [4.69, 9.17) is 0 Å². The van der Waals surface area contributed by atoms with Crippen LogP contribution in [0.5, 0.6) is 0 Å². The third-order valence-electron chi connectivity index (χ3n) is 14.7. The van der Waals surface area contributed by atoms with E-state index in [0.717, 1.165) is 78.6 Å². The number of rotatable bonds is 2. The summed E-state index contributed by atoms with van der Waals surface area (Å²) >= 11 is 0. The molecule has 4 aliphatic heterocycles. The van der Waals surface area contributed by atoms with Gasteiger partial charge in [-0.25, -0.2) is 16.8 Å². The van der Waals surface area contributed by atoms with Gasteiger partial charge in [0, 0.05) is 33.0 Å². The lowest BCUT2D eigenvalue weighted by Gasteiger charge is -2.47. The molecule has 6 nitrogen and oxygen atoms in total. The van der Waals surface area contributed by atoms with Crippen molar-refractivity contribution in [3.8, 4) is 0 Å². The topological polar surface area (TPSA) is 74.8 Å². The van der Waals surface area contributed by atoms with Crippen LogP contribution in [0.25, 0.3) is 0 Å². The first-order chi connectivity index (χ1) is 29.3. The Morgan fingerprint density at radius 3 is 1.00 bits per heavy atom. The minimum atomic E-state index is -3.83. The first-order valence-electron chi connectivity index (χ1n) is 21.3. The van der Waals surface area contributed by atoms with Crippen molar-refractivity contribution in [2.45, 2.75) is 96.6 Å². The maximum atomic E-state index is 14.5. The summed E-state index contributed by atoms with van der Waals surface area (Å²) < 4.78 is 58.2. The number of hydrogen-bond donors (Lipinski definition) is 0. The molecule has 4 aliphatic rings. The summed E-state index contributed by atoms with van der Waals surface area (Å²) in [6.45, 7) is 17.4. The Morgan fingerprint density at radius 2 is 0.613 bits per heavy atom. The third-order valence-corrected chi connectivity index (χ3v) is 18.4. The smallest absolute Gasteiger partial charge is 0.207 e. The van der Waals surface area contributed by atoms with Gasteiger partial charge in [0.1, 0.15) is 0 Å². The Kier molecular flexibility index (Phi) is 7.76. The van der Waals surface area contributed by atoms with E-state index in [-0.39, 0.29) is 0 Å². The largest absolute Gasteiger partial charge is 0.310 e. The van der Waals surface area contributed by atoms with E-state index >= 15 is 0 Å². The zero-order valence-corrected chi connectivity index (χ0v) is 37.8. The molecule has 0 fully saturated rings. The van der Waals surface area contributed by atoms with Gasteiger partial charge in [-0.2, -0.15) is 0 Å². The van der Waals surface area contributed by atoms with Crippen molar-refractivity contribution in [3.63, 3.8) is 0 Å². The second-order valence-corrected chi connectivity index (χ2v) is 23.2. The van der Waals surface area contributed by atoms with E-state index in [9.17, 15) is 16.8 Å². The minimum absolute atomic E-state index is 0.328. The highest BCUT2D eigenvalue weighted by Gasteiger charge is 2.46. The highest BCUT2D eigenvalue weighted by atomic mass is 32.2. The summed E-state index contributed by atoms with van der Waals surface area (Å²) in [6.07, 6.45) is 0. The van der Waals surface area contributed by atoms with Crippen molar-refractivity contribution in [2.75, 3.05) is 9.80 Å². The van der Waals surface area contributed by atoms with Crippen LogP contribution in [0.15, 0.2) is 165 Å². The van der Waals surface area contributed by atoms with Gasteiger partial charge in [-0.3, -0.25) is 0 Å². The van der Waals surface area contributed by atoms with E-state index in [1.165, 1.54) is 0 Å². The van der Waals surface area contributed by atoms with Crippen molar-refractivity contribution in [2.24, 2.45) is 0 Å². The summed E-state index contributed by atoms with van der Waals surface area (Å²) in [6, 6.07) is 48.1. The summed E-state index contributed by atoms with van der Waals surface area (Å²) in [5.41, 5.74) is 11.0. The molecular weight excluding hydrogens is 805 g/mol. The maximum absolute atomic E-state index is 14.5. The molecule has 0 amide bonds. The standard InChI is InChI=1S/C54H48N2O4S2/c1-51(2)35-17-9-13-21-43(35)55(33-25-27-39-49(29-33)61(57,58)47-23-15-11-19-37(47)53(39,5)6)45-32-42-46(31-41(45)51)56(44-22-14-10-18-36(44)52(42,3)4)34-26-28-40-50(30-34)62(59,60)48-24-16-12-20-38(48)54(40,7)8/h9-32H,1-8H3. The van der Waals surface area contributed by atoms with Gasteiger partial charge >= 0.3 is 0 Å². The van der Waals surface area contributed by atoms with E-state index in [0.29, 0.717) is 19.6 Å².